The third kappa shape index (κ3) is 5.25. The Labute approximate surface area is 203 Å². The van der Waals surface area contributed by atoms with Gasteiger partial charge < -0.3 is 9.80 Å². The molecule has 3 heterocycles. The molecule has 3 atom stereocenters. The number of hydrogen-bond donors (Lipinski definition) is 0. The number of nitrogens with zero attached hydrogens (tertiary/aromatic N) is 3. The number of piperidine rings is 2. The van der Waals surface area contributed by atoms with E-state index in [0.717, 1.165) is 39.0 Å². The van der Waals surface area contributed by atoms with E-state index in [1.165, 1.54) is 17.5 Å². The summed E-state index contributed by atoms with van der Waals surface area (Å²) in [5.41, 5.74) is 2.43. The van der Waals surface area contributed by atoms with E-state index in [0.29, 0.717) is 24.9 Å². The number of rotatable bonds is 6. The van der Waals surface area contributed by atoms with E-state index in [-0.39, 0.29) is 24.3 Å². The molecule has 3 saturated heterocycles. The van der Waals surface area contributed by atoms with Gasteiger partial charge in [-0.05, 0) is 36.3 Å². The van der Waals surface area contributed by atoms with Crippen LogP contribution in [0.2, 0.25) is 0 Å². The predicted molar refractivity (Wildman–Crippen MR) is 135 cm³/mol. The Balaban J connectivity index is 1.14. The van der Waals surface area contributed by atoms with Crippen molar-refractivity contribution in [2.75, 3.05) is 39.3 Å². The summed E-state index contributed by atoms with van der Waals surface area (Å²) >= 11 is 0. The summed E-state index contributed by atoms with van der Waals surface area (Å²) < 4.78 is 0. The summed E-state index contributed by atoms with van der Waals surface area (Å²) in [4.78, 5) is 32.4. The van der Waals surface area contributed by atoms with E-state index >= 15 is 0 Å². The highest BCUT2D eigenvalue weighted by Crippen LogP contribution is 2.32. The molecule has 3 fully saturated rings. The number of amides is 2. The Hall–Kier alpha value is -2.92. The molecule has 0 aromatic heterocycles. The Morgan fingerprint density at radius 1 is 0.941 bits per heavy atom. The second-order valence-electron chi connectivity index (χ2n) is 10.0. The average molecular weight is 458 g/mol. The van der Waals surface area contributed by atoms with E-state index in [9.17, 15) is 9.59 Å². The van der Waals surface area contributed by atoms with Crippen LogP contribution in [-0.2, 0) is 9.59 Å². The minimum atomic E-state index is 0.107. The normalized spacial score (nSPS) is 25.6. The second-order valence-corrected chi connectivity index (χ2v) is 10.0. The fourth-order valence-electron chi connectivity index (χ4n) is 5.98. The molecular formula is C29H35N3O2. The summed E-state index contributed by atoms with van der Waals surface area (Å²) in [6.45, 7) is 4.73. The third-order valence-corrected chi connectivity index (χ3v) is 7.76. The van der Waals surface area contributed by atoms with Gasteiger partial charge in [0.2, 0.25) is 11.8 Å². The van der Waals surface area contributed by atoms with E-state index in [1.54, 1.807) is 4.90 Å². The van der Waals surface area contributed by atoms with Crippen molar-refractivity contribution in [3.63, 3.8) is 0 Å². The van der Waals surface area contributed by atoms with Gasteiger partial charge >= 0.3 is 0 Å². The van der Waals surface area contributed by atoms with Gasteiger partial charge in [0.05, 0.1) is 6.54 Å². The molecular weight excluding hydrogens is 422 g/mol. The first kappa shape index (κ1) is 22.9. The fraction of sp³-hybridized carbons (Fsp3) is 0.448. The van der Waals surface area contributed by atoms with E-state index in [2.05, 4.69) is 58.4 Å². The van der Waals surface area contributed by atoms with Gasteiger partial charge in [0, 0.05) is 51.1 Å². The van der Waals surface area contributed by atoms with Crippen molar-refractivity contribution in [3.05, 3.63) is 77.9 Å². The van der Waals surface area contributed by atoms with Crippen LogP contribution in [0.3, 0.4) is 0 Å². The molecule has 3 aliphatic rings. The molecule has 0 N–H and O–H groups in total. The van der Waals surface area contributed by atoms with Crippen LogP contribution in [0, 0.1) is 5.92 Å². The van der Waals surface area contributed by atoms with Crippen LogP contribution in [0.15, 0.2) is 66.7 Å². The first-order valence-electron chi connectivity index (χ1n) is 12.7. The van der Waals surface area contributed by atoms with Crippen molar-refractivity contribution in [1.82, 2.24) is 14.7 Å². The highest BCUT2D eigenvalue weighted by atomic mass is 16.2. The lowest BCUT2D eigenvalue weighted by molar-refractivity contribution is -0.143. The summed E-state index contributed by atoms with van der Waals surface area (Å²) in [6.07, 6.45) is 8.22. The van der Waals surface area contributed by atoms with Crippen LogP contribution < -0.4 is 0 Å². The van der Waals surface area contributed by atoms with Crippen molar-refractivity contribution < 1.29 is 9.59 Å². The Morgan fingerprint density at radius 2 is 1.71 bits per heavy atom. The minimum absolute atomic E-state index is 0.107. The highest BCUT2D eigenvalue weighted by Gasteiger charge is 2.39. The van der Waals surface area contributed by atoms with Gasteiger partial charge in [-0.3, -0.25) is 14.5 Å². The van der Waals surface area contributed by atoms with Crippen molar-refractivity contribution in [2.45, 2.75) is 37.6 Å². The monoisotopic (exact) mass is 457 g/mol. The Kier molecular flexibility index (Phi) is 7.10. The molecule has 5 rings (SSSR count). The number of carbonyl (C=O) groups is 2. The van der Waals surface area contributed by atoms with Crippen molar-refractivity contribution in [2.24, 2.45) is 5.92 Å². The molecule has 0 radical (unpaired) electrons. The third-order valence-electron chi connectivity index (χ3n) is 7.76. The maximum Gasteiger partial charge on any atom is 0.242 e. The zero-order chi connectivity index (χ0) is 23.3. The molecule has 3 aliphatic heterocycles. The Bertz CT molecular complexity index is 1010. The van der Waals surface area contributed by atoms with Gasteiger partial charge in [0.15, 0.2) is 0 Å². The highest BCUT2D eigenvalue weighted by molar-refractivity contribution is 5.87. The van der Waals surface area contributed by atoms with E-state index in [1.807, 2.05) is 24.3 Å². The Morgan fingerprint density at radius 3 is 2.50 bits per heavy atom. The quantitative estimate of drug-likeness (QED) is 0.658. The zero-order valence-corrected chi connectivity index (χ0v) is 19.9. The number of benzene rings is 2. The largest absolute Gasteiger partial charge is 0.338 e. The van der Waals surface area contributed by atoms with E-state index in [4.69, 9.17) is 0 Å². The number of likely N-dealkylation sites (tertiary alicyclic amines) is 3. The van der Waals surface area contributed by atoms with Gasteiger partial charge in [-0.25, -0.2) is 0 Å². The van der Waals surface area contributed by atoms with Crippen molar-refractivity contribution in [3.8, 4) is 0 Å². The number of fused-ring (bicyclic) bond motifs is 1. The summed E-state index contributed by atoms with van der Waals surface area (Å²) in [7, 11) is 0. The standard InChI is InChI=1S/C29H35N3O2/c33-28-19-26(24-12-5-2-6-13-24)21-31(28)22-29(34)32-17-8-14-25-20-30(18-15-27(25)32)16-7-11-23-9-3-1-4-10-23/h1-7,9-13,25-27H,8,14-22H2/b11-7+/t25-,26+,27-/m1/s1. The smallest absolute Gasteiger partial charge is 0.242 e. The first-order chi connectivity index (χ1) is 16.7. The molecule has 2 aromatic rings. The molecule has 34 heavy (non-hydrogen) atoms. The molecule has 2 amide bonds. The maximum absolute atomic E-state index is 13.3. The van der Waals surface area contributed by atoms with Gasteiger partial charge in [-0.2, -0.15) is 0 Å². The molecule has 5 heteroatoms. The maximum atomic E-state index is 13.3. The topological polar surface area (TPSA) is 43.9 Å². The molecule has 2 aromatic carbocycles. The van der Waals surface area contributed by atoms with Gasteiger partial charge in [-0.1, -0.05) is 72.8 Å². The predicted octanol–water partition coefficient (Wildman–Crippen LogP) is 4.03. The SMILES string of the molecule is O=C1C[C@H](c2ccccc2)CN1CC(=O)N1CCC[C@@H]2CN(C/C=C/c3ccccc3)CC[C@H]21. The van der Waals surface area contributed by atoms with Gasteiger partial charge in [0.1, 0.15) is 0 Å². The van der Waals surface area contributed by atoms with Crippen LogP contribution >= 0.6 is 0 Å². The molecule has 0 bridgehead atoms. The lowest BCUT2D eigenvalue weighted by Crippen LogP contribution is -2.57. The fourth-order valence-corrected chi connectivity index (χ4v) is 5.98. The van der Waals surface area contributed by atoms with Gasteiger partial charge in [0.25, 0.3) is 0 Å². The second kappa shape index (κ2) is 10.6. The lowest BCUT2D eigenvalue weighted by atomic mass is 9.83. The van der Waals surface area contributed by atoms with Crippen LogP contribution in [-0.4, -0.2) is 71.8 Å². The van der Waals surface area contributed by atoms with E-state index < -0.39 is 0 Å². The first-order valence-corrected chi connectivity index (χ1v) is 12.7. The zero-order valence-electron chi connectivity index (χ0n) is 19.9. The van der Waals surface area contributed by atoms with Crippen LogP contribution in [0.25, 0.3) is 6.08 Å². The minimum Gasteiger partial charge on any atom is -0.338 e. The molecule has 0 saturated carbocycles. The lowest BCUT2D eigenvalue weighted by Gasteiger charge is -2.47. The molecule has 178 valence electrons. The number of hydrogen-bond acceptors (Lipinski definition) is 3. The molecule has 5 nitrogen and oxygen atoms in total. The molecule has 0 aliphatic carbocycles. The molecule has 0 unspecified atom stereocenters. The van der Waals surface area contributed by atoms with Gasteiger partial charge in [-0.15, -0.1) is 0 Å². The van der Waals surface area contributed by atoms with Crippen molar-refractivity contribution in [1.29, 1.82) is 0 Å². The van der Waals surface area contributed by atoms with Crippen LogP contribution in [0.4, 0.5) is 0 Å². The summed E-state index contributed by atoms with van der Waals surface area (Å²) in [5, 5.41) is 0. The van der Waals surface area contributed by atoms with Crippen LogP contribution in [0.5, 0.6) is 0 Å². The van der Waals surface area contributed by atoms with Crippen LogP contribution in [0.1, 0.15) is 42.7 Å². The number of carbonyl (C=O) groups excluding carboxylic acids is 2. The summed E-state index contributed by atoms with van der Waals surface area (Å²) in [6, 6.07) is 20.9. The molecule has 0 spiro atoms. The summed E-state index contributed by atoms with van der Waals surface area (Å²) in [5.74, 6) is 0.968. The van der Waals surface area contributed by atoms with Crippen molar-refractivity contribution >= 4 is 17.9 Å². The average Bonchev–Trinajstić information content (AvgIpc) is 3.24.